The van der Waals surface area contributed by atoms with Crippen molar-refractivity contribution < 1.29 is 19.1 Å². The monoisotopic (exact) mass is 334 g/mol. The van der Waals surface area contributed by atoms with E-state index in [4.69, 9.17) is 0 Å². The first-order chi connectivity index (χ1) is 12.0. The zero-order chi connectivity index (χ0) is 17.8. The number of benzene rings is 2. The summed E-state index contributed by atoms with van der Waals surface area (Å²) in [6.45, 7) is 4.29. The van der Waals surface area contributed by atoms with Crippen LogP contribution in [0.15, 0.2) is 65.3 Å². The molecule has 1 heterocycles. The van der Waals surface area contributed by atoms with E-state index in [0.717, 1.165) is 5.56 Å². The van der Waals surface area contributed by atoms with Gasteiger partial charge in [-0.1, -0.05) is 44.2 Å². The zero-order valence-corrected chi connectivity index (χ0v) is 14.0. The van der Waals surface area contributed by atoms with Crippen molar-refractivity contribution in [2.24, 2.45) is 0 Å². The molecule has 0 atom stereocenters. The van der Waals surface area contributed by atoms with E-state index in [2.05, 4.69) is 35.8 Å². The van der Waals surface area contributed by atoms with Crippen LogP contribution in [0.2, 0.25) is 0 Å². The van der Waals surface area contributed by atoms with Crippen LogP contribution in [0.25, 0.3) is 11.8 Å². The lowest BCUT2D eigenvalue weighted by Crippen LogP contribution is -2.31. The molecular formula is C20H18N2O3. The molecule has 0 N–H and O–H groups in total. The number of rotatable bonds is 5. The van der Waals surface area contributed by atoms with Crippen molar-refractivity contribution in [3.05, 3.63) is 77.5 Å². The molecule has 0 spiro atoms. The third-order valence-corrected chi connectivity index (χ3v) is 3.89. The second kappa shape index (κ2) is 7.13. The molecule has 0 aliphatic carbocycles. The Labute approximate surface area is 145 Å². The minimum absolute atomic E-state index is 0.0887. The lowest BCUT2D eigenvalue weighted by molar-refractivity contribution is -0.670. The van der Waals surface area contributed by atoms with E-state index in [1.807, 2.05) is 12.1 Å². The van der Waals surface area contributed by atoms with Gasteiger partial charge in [-0.05, 0) is 39.9 Å². The quantitative estimate of drug-likeness (QED) is 0.408. The van der Waals surface area contributed by atoms with E-state index in [0.29, 0.717) is 17.2 Å². The number of carbonyl (C=O) groups excluding carboxylic acids is 1. The van der Waals surface area contributed by atoms with Gasteiger partial charge in [-0.2, -0.15) is 0 Å². The largest absolute Gasteiger partial charge is 0.539 e. The molecule has 0 radical (unpaired) electrons. The van der Waals surface area contributed by atoms with Crippen molar-refractivity contribution in [1.29, 1.82) is 0 Å². The van der Waals surface area contributed by atoms with Crippen molar-refractivity contribution in [2.45, 2.75) is 19.8 Å². The van der Waals surface area contributed by atoms with E-state index in [1.54, 1.807) is 36.4 Å². The molecule has 3 aromatic rings. The van der Waals surface area contributed by atoms with Gasteiger partial charge in [-0.3, -0.25) is 4.79 Å². The summed E-state index contributed by atoms with van der Waals surface area (Å²) in [6.07, 6.45) is 4.59. The van der Waals surface area contributed by atoms with E-state index < -0.39 is 5.95 Å². The highest BCUT2D eigenvalue weighted by Crippen LogP contribution is 2.15. The van der Waals surface area contributed by atoms with Gasteiger partial charge < -0.3 is 9.63 Å². The summed E-state index contributed by atoms with van der Waals surface area (Å²) >= 11 is 0. The molecule has 0 bridgehead atoms. The van der Waals surface area contributed by atoms with Gasteiger partial charge in [0.05, 0.1) is 5.27 Å². The van der Waals surface area contributed by atoms with Crippen LogP contribution >= 0.6 is 0 Å². The van der Waals surface area contributed by atoms with Crippen LogP contribution in [-0.2, 0) is 0 Å². The highest BCUT2D eigenvalue weighted by atomic mass is 16.6. The number of carbonyl (C=O) groups is 1. The number of aromatic nitrogens is 2. The van der Waals surface area contributed by atoms with Crippen LogP contribution in [0, 0.1) is 0 Å². The number of hydrogen-bond donors (Lipinski definition) is 0. The molecule has 0 aliphatic rings. The first kappa shape index (κ1) is 16.6. The Kier molecular flexibility index (Phi) is 4.75. The fourth-order valence-corrected chi connectivity index (χ4v) is 2.39. The second-order valence-electron chi connectivity index (χ2n) is 6.03. The smallest absolute Gasteiger partial charge is 0.239 e. The molecule has 0 aliphatic heterocycles. The molecule has 0 unspecified atom stereocenters. The van der Waals surface area contributed by atoms with Crippen LogP contribution in [0.3, 0.4) is 0 Å². The Morgan fingerprint density at radius 3 is 2.36 bits per heavy atom. The Bertz CT molecular complexity index is 891. The number of allylic oxidation sites excluding steroid dienone is 1. The lowest BCUT2D eigenvalue weighted by atomic mass is 10.0. The summed E-state index contributed by atoms with van der Waals surface area (Å²) in [6, 6.07) is 15.0. The van der Waals surface area contributed by atoms with Gasteiger partial charge in [-0.15, -0.1) is 0 Å². The van der Waals surface area contributed by atoms with Crippen molar-refractivity contribution >= 4 is 11.9 Å². The Hall–Kier alpha value is -3.21. The summed E-state index contributed by atoms with van der Waals surface area (Å²) in [5, 5.41) is 14.6. The maximum atomic E-state index is 12.3. The number of ketones is 1. The van der Waals surface area contributed by atoms with Gasteiger partial charge in [-0.25, -0.2) is 0 Å². The van der Waals surface area contributed by atoms with Gasteiger partial charge in [0, 0.05) is 17.7 Å². The molecule has 3 rings (SSSR count). The minimum Gasteiger partial charge on any atom is -0.539 e. The Morgan fingerprint density at radius 1 is 1.12 bits per heavy atom. The second-order valence-corrected chi connectivity index (χ2v) is 6.03. The molecule has 1 aromatic heterocycles. The standard InChI is InChI=1S/C20H18N2O3/c1-14(2)16-6-3-15(4-7-16)5-12-19(23)17-8-10-18(11-9-17)22-13-20(24)25-21-22/h3-14H,1-2H3/b12-5+. The van der Waals surface area contributed by atoms with Gasteiger partial charge >= 0.3 is 0 Å². The van der Waals surface area contributed by atoms with Crippen LogP contribution in [0.4, 0.5) is 0 Å². The maximum Gasteiger partial charge on any atom is 0.239 e. The van der Waals surface area contributed by atoms with Gasteiger partial charge in [0.15, 0.2) is 5.78 Å². The summed E-state index contributed by atoms with van der Waals surface area (Å²) < 4.78 is 5.81. The van der Waals surface area contributed by atoms with E-state index in [1.165, 1.54) is 16.4 Å². The average molecular weight is 334 g/mol. The predicted molar refractivity (Wildman–Crippen MR) is 91.4 cm³/mol. The number of nitrogens with zero attached hydrogens (tertiary/aromatic N) is 2. The molecule has 0 saturated carbocycles. The summed E-state index contributed by atoms with van der Waals surface area (Å²) in [4.78, 5) is 12.3. The molecule has 126 valence electrons. The average Bonchev–Trinajstić information content (AvgIpc) is 3.06. The first-order valence-corrected chi connectivity index (χ1v) is 8.01. The van der Waals surface area contributed by atoms with Crippen molar-refractivity contribution in [2.75, 3.05) is 0 Å². The Balaban J connectivity index is 1.70. The van der Waals surface area contributed by atoms with Crippen LogP contribution < -0.4 is 9.79 Å². The number of hydrogen-bond acceptors (Lipinski definition) is 4. The molecule has 0 saturated heterocycles. The van der Waals surface area contributed by atoms with E-state index in [-0.39, 0.29) is 5.78 Å². The van der Waals surface area contributed by atoms with E-state index >= 15 is 0 Å². The topological polar surface area (TPSA) is 70.0 Å². The molecule has 2 aromatic carbocycles. The van der Waals surface area contributed by atoms with Crippen LogP contribution in [-0.4, -0.2) is 11.1 Å². The predicted octanol–water partition coefficient (Wildman–Crippen LogP) is 3.04. The fraction of sp³-hybridized carbons (Fsp3) is 0.150. The summed E-state index contributed by atoms with van der Waals surface area (Å²) in [7, 11) is 0. The first-order valence-electron chi connectivity index (χ1n) is 8.01. The molecule has 25 heavy (non-hydrogen) atoms. The zero-order valence-electron chi connectivity index (χ0n) is 14.0. The van der Waals surface area contributed by atoms with Gasteiger partial charge in [0.25, 0.3) is 0 Å². The molecular weight excluding hydrogens is 316 g/mol. The molecule has 0 amide bonds. The van der Waals surface area contributed by atoms with E-state index in [9.17, 15) is 9.90 Å². The maximum absolute atomic E-state index is 12.3. The van der Waals surface area contributed by atoms with Gasteiger partial charge in [0.2, 0.25) is 11.9 Å². The van der Waals surface area contributed by atoms with Crippen molar-refractivity contribution in [3.8, 4) is 11.6 Å². The SMILES string of the molecule is CC(C)c1ccc(/C=C/C(=O)c2ccc(-[n+]3cc([O-])on3)cc2)cc1. The third-order valence-electron chi connectivity index (χ3n) is 3.89. The lowest BCUT2D eigenvalue weighted by Gasteiger charge is -2.04. The Morgan fingerprint density at radius 2 is 1.80 bits per heavy atom. The van der Waals surface area contributed by atoms with Crippen LogP contribution in [0.5, 0.6) is 5.95 Å². The summed E-state index contributed by atoms with van der Waals surface area (Å²) in [5.41, 5.74) is 3.46. The third kappa shape index (κ3) is 4.01. The molecule has 5 nitrogen and oxygen atoms in total. The minimum atomic E-state index is -0.522. The van der Waals surface area contributed by atoms with Crippen molar-refractivity contribution in [3.63, 3.8) is 0 Å². The highest BCUT2D eigenvalue weighted by Gasteiger charge is 2.10. The van der Waals surface area contributed by atoms with Crippen molar-refractivity contribution in [1.82, 2.24) is 5.27 Å². The molecule has 5 heteroatoms. The van der Waals surface area contributed by atoms with Crippen LogP contribution in [0.1, 0.15) is 41.3 Å². The normalized spacial score (nSPS) is 11.3. The molecule has 0 fully saturated rings. The fourth-order valence-electron chi connectivity index (χ4n) is 2.39. The summed E-state index contributed by atoms with van der Waals surface area (Å²) in [5.74, 6) is -0.126. The highest BCUT2D eigenvalue weighted by molar-refractivity contribution is 6.06. The van der Waals surface area contributed by atoms with Gasteiger partial charge in [0.1, 0.15) is 5.95 Å².